The average Bonchev–Trinajstić information content (AvgIpc) is 2.26. The summed E-state index contributed by atoms with van der Waals surface area (Å²) in [5, 5.41) is 12.0. The smallest absolute Gasteiger partial charge is 0.231 e. The number of rotatable bonds is 6. The Kier molecular flexibility index (Phi) is 5.21. The third kappa shape index (κ3) is 3.79. The first kappa shape index (κ1) is 12.9. The molecule has 16 heavy (non-hydrogen) atoms. The lowest BCUT2D eigenvalue weighted by molar-refractivity contribution is 0.303. The first-order valence-electron chi connectivity index (χ1n) is 5.14. The lowest BCUT2D eigenvalue weighted by Gasteiger charge is -2.16. The molecule has 90 valence electrons. The quantitative estimate of drug-likeness (QED) is 0.772. The monoisotopic (exact) mass is 245 g/mol. The van der Waals surface area contributed by atoms with E-state index in [2.05, 4.69) is 27.2 Å². The molecule has 0 aliphatic carbocycles. The van der Waals surface area contributed by atoms with Crippen molar-refractivity contribution in [3.05, 3.63) is 5.28 Å². The van der Waals surface area contributed by atoms with Crippen LogP contribution in [0.15, 0.2) is 0 Å². The molecule has 0 spiro atoms. The van der Waals surface area contributed by atoms with Gasteiger partial charge in [-0.2, -0.15) is 15.0 Å². The Morgan fingerprint density at radius 2 is 2.12 bits per heavy atom. The van der Waals surface area contributed by atoms with Crippen molar-refractivity contribution in [3.63, 3.8) is 0 Å². The van der Waals surface area contributed by atoms with Crippen molar-refractivity contribution in [1.82, 2.24) is 15.0 Å². The summed E-state index contributed by atoms with van der Waals surface area (Å²) in [6, 6.07) is 0. The summed E-state index contributed by atoms with van der Waals surface area (Å²) >= 11 is 5.78. The number of halogens is 1. The van der Waals surface area contributed by atoms with Crippen LogP contribution in [-0.2, 0) is 0 Å². The molecule has 0 saturated carbocycles. The van der Waals surface area contributed by atoms with E-state index in [-0.39, 0.29) is 11.9 Å². The molecule has 0 fully saturated rings. The zero-order valence-corrected chi connectivity index (χ0v) is 10.2. The number of likely N-dealkylation sites (N-methyl/N-ethyl adjacent to an activating group) is 1. The number of aliphatic hydroxyl groups excluding tert-OH is 1. The van der Waals surface area contributed by atoms with Crippen molar-refractivity contribution in [2.45, 2.75) is 13.3 Å². The van der Waals surface area contributed by atoms with E-state index in [0.29, 0.717) is 18.4 Å². The lowest BCUT2D eigenvalue weighted by atomic mass is 10.5. The summed E-state index contributed by atoms with van der Waals surface area (Å²) in [5.74, 6) is 0.911. The predicted molar refractivity (Wildman–Crippen MR) is 64.0 cm³/mol. The van der Waals surface area contributed by atoms with Gasteiger partial charge in [0.1, 0.15) is 0 Å². The zero-order chi connectivity index (χ0) is 12.0. The van der Waals surface area contributed by atoms with Crippen molar-refractivity contribution >= 4 is 23.5 Å². The first-order chi connectivity index (χ1) is 7.67. The summed E-state index contributed by atoms with van der Waals surface area (Å²) in [5.41, 5.74) is 0. The average molecular weight is 246 g/mol. The van der Waals surface area contributed by atoms with Gasteiger partial charge in [-0.05, 0) is 18.0 Å². The zero-order valence-electron chi connectivity index (χ0n) is 9.44. The molecule has 6 nitrogen and oxygen atoms in total. The molecule has 1 aromatic rings. The van der Waals surface area contributed by atoms with Gasteiger partial charge in [0, 0.05) is 20.1 Å². The maximum atomic E-state index is 8.82. The van der Waals surface area contributed by atoms with Gasteiger partial charge in [-0.25, -0.2) is 0 Å². The topological polar surface area (TPSA) is 74.2 Å². The Bertz CT molecular complexity index is 336. The van der Waals surface area contributed by atoms with Gasteiger partial charge in [-0.3, -0.25) is 0 Å². The Balaban J connectivity index is 2.80. The second-order valence-corrected chi connectivity index (χ2v) is 3.64. The largest absolute Gasteiger partial charge is 0.395 e. The number of nitrogens with zero attached hydrogens (tertiary/aromatic N) is 4. The Morgan fingerprint density at radius 3 is 2.75 bits per heavy atom. The summed E-state index contributed by atoms with van der Waals surface area (Å²) in [4.78, 5) is 13.8. The Hall–Kier alpha value is -1.14. The summed E-state index contributed by atoms with van der Waals surface area (Å²) in [6.45, 7) is 3.32. The highest BCUT2D eigenvalue weighted by Gasteiger charge is 2.08. The molecule has 0 unspecified atom stereocenters. The minimum absolute atomic E-state index is 0.0392. The van der Waals surface area contributed by atoms with Crippen LogP contribution in [0.3, 0.4) is 0 Å². The molecule has 0 bridgehead atoms. The molecular weight excluding hydrogens is 230 g/mol. The van der Waals surface area contributed by atoms with Crippen LogP contribution in [0.1, 0.15) is 13.3 Å². The fourth-order valence-electron chi connectivity index (χ4n) is 1.08. The fourth-order valence-corrected chi connectivity index (χ4v) is 1.23. The van der Waals surface area contributed by atoms with Crippen molar-refractivity contribution < 1.29 is 5.11 Å². The summed E-state index contributed by atoms with van der Waals surface area (Å²) < 4.78 is 0. The number of aromatic nitrogens is 3. The lowest BCUT2D eigenvalue weighted by Crippen LogP contribution is -2.24. The van der Waals surface area contributed by atoms with Crippen LogP contribution in [0.2, 0.25) is 5.28 Å². The van der Waals surface area contributed by atoms with Crippen molar-refractivity contribution in [2.75, 3.05) is 37.0 Å². The van der Waals surface area contributed by atoms with E-state index in [1.54, 1.807) is 11.9 Å². The van der Waals surface area contributed by atoms with E-state index in [1.165, 1.54) is 0 Å². The van der Waals surface area contributed by atoms with Gasteiger partial charge in [0.25, 0.3) is 0 Å². The minimum Gasteiger partial charge on any atom is -0.395 e. The molecule has 1 rings (SSSR count). The van der Waals surface area contributed by atoms with Crippen molar-refractivity contribution in [3.8, 4) is 0 Å². The van der Waals surface area contributed by atoms with E-state index in [0.717, 1.165) is 13.0 Å². The molecule has 0 aliphatic rings. The van der Waals surface area contributed by atoms with E-state index < -0.39 is 0 Å². The minimum atomic E-state index is 0.0392. The molecule has 1 heterocycles. The molecule has 0 amide bonds. The van der Waals surface area contributed by atoms with Crippen LogP contribution in [-0.4, -0.2) is 46.8 Å². The van der Waals surface area contributed by atoms with E-state index in [9.17, 15) is 0 Å². The Morgan fingerprint density at radius 1 is 1.38 bits per heavy atom. The highest BCUT2D eigenvalue weighted by atomic mass is 35.5. The van der Waals surface area contributed by atoms with E-state index in [4.69, 9.17) is 16.7 Å². The number of anilines is 2. The van der Waals surface area contributed by atoms with Crippen LogP contribution in [0, 0.1) is 0 Å². The van der Waals surface area contributed by atoms with Gasteiger partial charge in [-0.15, -0.1) is 0 Å². The number of aliphatic hydroxyl groups is 1. The SMILES string of the molecule is CCCNc1nc(Cl)nc(N(C)CCO)n1. The first-order valence-corrected chi connectivity index (χ1v) is 5.52. The van der Waals surface area contributed by atoms with Gasteiger partial charge in [0.2, 0.25) is 17.2 Å². The highest BCUT2D eigenvalue weighted by molar-refractivity contribution is 6.28. The van der Waals surface area contributed by atoms with Crippen LogP contribution in [0.4, 0.5) is 11.9 Å². The fraction of sp³-hybridized carbons (Fsp3) is 0.667. The summed E-state index contributed by atoms with van der Waals surface area (Å²) in [6.07, 6.45) is 0.977. The van der Waals surface area contributed by atoms with Crippen molar-refractivity contribution in [1.29, 1.82) is 0 Å². The second-order valence-electron chi connectivity index (χ2n) is 3.30. The molecule has 1 aromatic heterocycles. The van der Waals surface area contributed by atoms with Crippen LogP contribution in [0.25, 0.3) is 0 Å². The standard InChI is InChI=1S/C9H16ClN5O/c1-3-4-11-8-12-7(10)13-9(14-8)15(2)5-6-16/h16H,3-6H2,1-2H3,(H,11,12,13,14). The van der Waals surface area contributed by atoms with E-state index >= 15 is 0 Å². The third-order valence-corrected chi connectivity index (χ3v) is 2.08. The van der Waals surface area contributed by atoms with Gasteiger partial charge >= 0.3 is 0 Å². The van der Waals surface area contributed by atoms with E-state index in [1.807, 2.05) is 0 Å². The molecule has 0 aliphatic heterocycles. The van der Waals surface area contributed by atoms with Crippen LogP contribution < -0.4 is 10.2 Å². The normalized spacial score (nSPS) is 10.2. The highest BCUT2D eigenvalue weighted by Crippen LogP contribution is 2.12. The van der Waals surface area contributed by atoms with Crippen molar-refractivity contribution in [2.24, 2.45) is 0 Å². The predicted octanol–water partition coefficient (Wildman–Crippen LogP) is 0.775. The number of hydrogen-bond acceptors (Lipinski definition) is 6. The molecule has 0 aromatic carbocycles. The molecule has 0 saturated heterocycles. The molecular formula is C9H16ClN5O. The number of nitrogens with one attached hydrogen (secondary N) is 1. The second kappa shape index (κ2) is 6.44. The van der Waals surface area contributed by atoms with Crippen LogP contribution >= 0.6 is 11.6 Å². The maximum Gasteiger partial charge on any atom is 0.231 e. The molecule has 7 heteroatoms. The Labute approximate surface area is 99.7 Å². The van der Waals surface area contributed by atoms with Gasteiger partial charge < -0.3 is 15.3 Å². The van der Waals surface area contributed by atoms with Gasteiger partial charge in [-0.1, -0.05) is 6.92 Å². The molecule has 0 atom stereocenters. The van der Waals surface area contributed by atoms with Gasteiger partial charge in [0.15, 0.2) is 0 Å². The molecule has 2 N–H and O–H groups in total. The van der Waals surface area contributed by atoms with Gasteiger partial charge in [0.05, 0.1) is 6.61 Å². The van der Waals surface area contributed by atoms with Crippen LogP contribution in [0.5, 0.6) is 0 Å². The number of hydrogen-bond donors (Lipinski definition) is 2. The molecule has 0 radical (unpaired) electrons. The maximum absolute atomic E-state index is 8.82. The third-order valence-electron chi connectivity index (χ3n) is 1.91. The summed E-state index contributed by atoms with van der Waals surface area (Å²) in [7, 11) is 1.78.